The van der Waals surface area contributed by atoms with Crippen molar-refractivity contribution in [1.82, 2.24) is 10.2 Å². The number of carbonyl (C=O) groups is 1. The number of rotatable bonds is 2. The average molecular weight is 363 g/mol. The standard InChI is InChI=1S/C21H30N2O.ClH/c1-16-6-5-7-17(14-16)21(11-3-2-4-12-21)20(24)23-13-10-18-8-9-19(15-23)22-18;/h5-7,14,18-19,22H,2-4,8-13,15H2,1H3;1H. The maximum atomic E-state index is 13.7. The van der Waals surface area contributed by atoms with E-state index < -0.39 is 0 Å². The van der Waals surface area contributed by atoms with Gasteiger partial charge in [-0.3, -0.25) is 4.79 Å². The first-order valence-corrected chi connectivity index (χ1v) is 9.80. The van der Waals surface area contributed by atoms with Crippen molar-refractivity contribution in [3.8, 4) is 0 Å². The molecule has 2 unspecified atom stereocenters. The zero-order chi connectivity index (χ0) is 16.6. The van der Waals surface area contributed by atoms with Crippen LogP contribution in [-0.4, -0.2) is 36.0 Å². The number of likely N-dealkylation sites (tertiary alicyclic amines) is 1. The van der Waals surface area contributed by atoms with E-state index in [1.165, 1.54) is 43.2 Å². The summed E-state index contributed by atoms with van der Waals surface area (Å²) in [5.74, 6) is 0.405. The van der Waals surface area contributed by atoms with Crippen molar-refractivity contribution in [3.05, 3.63) is 35.4 Å². The predicted molar refractivity (Wildman–Crippen MR) is 104 cm³/mol. The Morgan fingerprint density at radius 1 is 1.12 bits per heavy atom. The Bertz CT molecular complexity index is 612. The fraction of sp³-hybridized carbons (Fsp3) is 0.667. The summed E-state index contributed by atoms with van der Waals surface area (Å²) in [5.41, 5.74) is 2.25. The molecule has 1 aromatic carbocycles. The number of fused-ring (bicyclic) bond motifs is 2. The molecule has 0 radical (unpaired) electrons. The smallest absolute Gasteiger partial charge is 0.233 e. The van der Waals surface area contributed by atoms with Gasteiger partial charge in [-0.15, -0.1) is 12.4 Å². The quantitative estimate of drug-likeness (QED) is 0.863. The minimum Gasteiger partial charge on any atom is -0.340 e. The molecule has 25 heavy (non-hydrogen) atoms. The lowest BCUT2D eigenvalue weighted by Gasteiger charge is -2.41. The molecule has 0 aromatic heterocycles. The molecular weight excluding hydrogens is 332 g/mol. The number of hydrogen-bond acceptors (Lipinski definition) is 2. The molecular formula is C21H31ClN2O. The van der Waals surface area contributed by atoms with Gasteiger partial charge in [0.2, 0.25) is 5.91 Å². The lowest BCUT2D eigenvalue weighted by Crippen LogP contribution is -2.50. The predicted octanol–water partition coefficient (Wildman–Crippen LogP) is 3.97. The molecule has 1 aromatic rings. The maximum Gasteiger partial charge on any atom is 0.233 e. The van der Waals surface area contributed by atoms with Crippen molar-refractivity contribution in [2.45, 2.75) is 75.8 Å². The van der Waals surface area contributed by atoms with E-state index in [1.807, 2.05) is 0 Å². The van der Waals surface area contributed by atoms with E-state index >= 15 is 0 Å². The Labute approximate surface area is 158 Å². The van der Waals surface area contributed by atoms with Gasteiger partial charge in [0.25, 0.3) is 0 Å². The lowest BCUT2D eigenvalue weighted by atomic mass is 9.68. The Morgan fingerprint density at radius 2 is 1.88 bits per heavy atom. The normalized spacial score (nSPS) is 28.1. The Hall–Kier alpha value is -1.06. The summed E-state index contributed by atoms with van der Waals surface area (Å²) in [6.45, 7) is 3.97. The molecule has 3 aliphatic rings. The number of hydrogen-bond donors (Lipinski definition) is 1. The van der Waals surface area contributed by atoms with Gasteiger partial charge < -0.3 is 10.2 Å². The summed E-state index contributed by atoms with van der Waals surface area (Å²) < 4.78 is 0. The second-order valence-electron chi connectivity index (χ2n) is 8.19. The molecule has 1 saturated carbocycles. The van der Waals surface area contributed by atoms with E-state index in [-0.39, 0.29) is 17.8 Å². The van der Waals surface area contributed by atoms with Crippen LogP contribution in [0.5, 0.6) is 0 Å². The second kappa shape index (κ2) is 7.67. The first-order chi connectivity index (χ1) is 11.7. The van der Waals surface area contributed by atoms with Gasteiger partial charge in [-0.25, -0.2) is 0 Å². The second-order valence-corrected chi connectivity index (χ2v) is 8.19. The van der Waals surface area contributed by atoms with E-state index in [4.69, 9.17) is 0 Å². The highest BCUT2D eigenvalue weighted by molar-refractivity contribution is 5.88. The van der Waals surface area contributed by atoms with Gasteiger partial charge in [-0.2, -0.15) is 0 Å². The van der Waals surface area contributed by atoms with Gasteiger partial charge in [0, 0.05) is 25.2 Å². The minimum atomic E-state index is -0.270. The molecule has 2 atom stereocenters. The maximum absolute atomic E-state index is 13.7. The molecule has 2 aliphatic heterocycles. The third-order valence-electron chi connectivity index (χ3n) is 6.50. The van der Waals surface area contributed by atoms with Crippen LogP contribution < -0.4 is 5.32 Å². The summed E-state index contributed by atoms with van der Waals surface area (Å²) in [7, 11) is 0. The Kier molecular flexibility index (Phi) is 5.75. The number of nitrogens with zero attached hydrogens (tertiary/aromatic N) is 1. The van der Waals surface area contributed by atoms with Crippen molar-refractivity contribution < 1.29 is 4.79 Å². The molecule has 3 nitrogen and oxygen atoms in total. The van der Waals surface area contributed by atoms with Crippen LogP contribution in [0.2, 0.25) is 0 Å². The van der Waals surface area contributed by atoms with Crippen LogP contribution in [0.25, 0.3) is 0 Å². The molecule has 4 rings (SSSR count). The summed E-state index contributed by atoms with van der Waals surface area (Å²) in [5, 5.41) is 3.71. The highest BCUT2D eigenvalue weighted by Gasteiger charge is 2.45. The van der Waals surface area contributed by atoms with Gasteiger partial charge in [0.1, 0.15) is 0 Å². The van der Waals surface area contributed by atoms with Crippen LogP contribution in [-0.2, 0) is 10.2 Å². The number of halogens is 1. The molecule has 3 fully saturated rings. The molecule has 2 saturated heterocycles. The molecule has 1 aliphatic carbocycles. The van der Waals surface area contributed by atoms with E-state index in [1.54, 1.807) is 0 Å². The van der Waals surface area contributed by atoms with E-state index in [9.17, 15) is 4.79 Å². The Morgan fingerprint density at radius 3 is 2.64 bits per heavy atom. The molecule has 2 heterocycles. The van der Waals surface area contributed by atoms with Gasteiger partial charge in [-0.1, -0.05) is 49.1 Å². The third kappa shape index (κ3) is 3.59. The number of amides is 1. The largest absolute Gasteiger partial charge is 0.340 e. The van der Waals surface area contributed by atoms with Gasteiger partial charge in [-0.05, 0) is 44.6 Å². The third-order valence-corrected chi connectivity index (χ3v) is 6.50. The summed E-state index contributed by atoms with van der Waals surface area (Å²) in [6.07, 6.45) is 9.30. The molecule has 1 amide bonds. The SMILES string of the molecule is Cc1cccc(C2(C(=O)N3CCC4CCC(C3)N4)CCCCC2)c1.Cl. The summed E-state index contributed by atoms with van der Waals surface area (Å²) >= 11 is 0. The molecule has 0 spiro atoms. The van der Waals surface area contributed by atoms with Gasteiger partial charge in [0.15, 0.2) is 0 Å². The minimum absolute atomic E-state index is 0. The van der Waals surface area contributed by atoms with Crippen molar-refractivity contribution in [2.75, 3.05) is 13.1 Å². The molecule has 4 heteroatoms. The van der Waals surface area contributed by atoms with E-state index in [0.717, 1.165) is 32.4 Å². The topological polar surface area (TPSA) is 32.3 Å². The first-order valence-electron chi connectivity index (χ1n) is 9.80. The van der Waals surface area contributed by atoms with Crippen molar-refractivity contribution >= 4 is 18.3 Å². The summed E-state index contributed by atoms with van der Waals surface area (Å²) in [4.78, 5) is 15.9. The van der Waals surface area contributed by atoms with Crippen LogP contribution in [0.15, 0.2) is 24.3 Å². The monoisotopic (exact) mass is 362 g/mol. The van der Waals surface area contributed by atoms with Crippen molar-refractivity contribution in [1.29, 1.82) is 0 Å². The van der Waals surface area contributed by atoms with Crippen LogP contribution in [0.4, 0.5) is 0 Å². The molecule has 138 valence electrons. The van der Waals surface area contributed by atoms with Gasteiger partial charge >= 0.3 is 0 Å². The fourth-order valence-corrected chi connectivity index (χ4v) is 5.15. The Balaban J connectivity index is 0.00000182. The van der Waals surface area contributed by atoms with Crippen LogP contribution in [0.1, 0.15) is 62.5 Å². The van der Waals surface area contributed by atoms with E-state index in [0.29, 0.717) is 18.0 Å². The van der Waals surface area contributed by atoms with Crippen LogP contribution in [0.3, 0.4) is 0 Å². The highest BCUT2D eigenvalue weighted by Crippen LogP contribution is 2.42. The number of aryl methyl sites for hydroxylation is 1. The first kappa shape index (κ1) is 18.7. The van der Waals surface area contributed by atoms with Crippen molar-refractivity contribution in [2.24, 2.45) is 0 Å². The number of benzene rings is 1. The lowest BCUT2D eigenvalue weighted by molar-refractivity contribution is -0.139. The molecule has 2 bridgehead atoms. The highest BCUT2D eigenvalue weighted by atomic mass is 35.5. The fourth-order valence-electron chi connectivity index (χ4n) is 5.15. The van der Waals surface area contributed by atoms with Crippen LogP contribution in [0, 0.1) is 6.92 Å². The zero-order valence-corrected chi connectivity index (χ0v) is 16.1. The van der Waals surface area contributed by atoms with Gasteiger partial charge in [0.05, 0.1) is 5.41 Å². The summed E-state index contributed by atoms with van der Waals surface area (Å²) in [6, 6.07) is 9.86. The molecule has 1 N–H and O–H groups in total. The van der Waals surface area contributed by atoms with E-state index in [2.05, 4.69) is 41.4 Å². The average Bonchev–Trinajstić information content (AvgIpc) is 2.94. The number of carbonyl (C=O) groups excluding carboxylic acids is 1. The van der Waals surface area contributed by atoms with Crippen molar-refractivity contribution in [3.63, 3.8) is 0 Å². The number of nitrogens with one attached hydrogen (secondary N) is 1. The van der Waals surface area contributed by atoms with Crippen LogP contribution >= 0.6 is 12.4 Å². The zero-order valence-electron chi connectivity index (χ0n) is 15.3.